The Morgan fingerprint density at radius 2 is 1.37 bits per heavy atom. The van der Waals surface area contributed by atoms with Crippen LogP contribution < -0.4 is 4.90 Å². The summed E-state index contributed by atoms with van der Waals surface area (Å²) in [5.74, 6) is 0.146. The van der Waals surface area contributed by atoms with Crippen molar-refractivity contribution < 1.29 is 15.0 Å². The van der Waals surface area contributed by atoms with E-state index in [0.717, 1.165) is 33.4 Å². The highest BCUT2D eigenvalue weighted by Crippen LogP contribution is 2.38. The van der Waals surface area contributed by atoms with E-state index in [1.54, 1.807) is 47.4 Å². The highest BCUT2D eigenvalue weighted by atomic mass is 35.5. The molecule has 2 N–H and O–H groups in total. The van der Waals surface area contributed by atoms with Gasteiger partial charge in [-0.25, -0.2) is 0 Å². The molecule has 1 unspecified atom stereocenters. The largest absolute Gasteiger partial charge is 0.508 e. The summed E-state index contributed by atoms with van der Waals surface area (Å²) in [6, 6.07) is 37.4. The van der Waals surface area contributed by atoms with Gasteiger partial charge in [-0.1, -0.05) is 78.3 Å². The van der Waals surface area contributed by atoms with Crippen molar-refractivity contribution in [3.05, 3.63) is 149 Å². The zero-order valence-corrected chi connectivity index (χ0v) is 25.0. The van der Waals surface area contributed by atoms with Crippen molar-refractivity contribution in [3.8, 4) is 22.6 Å². The summed E-state index contributed by atoms with van der Waals surface area (Å²) in [5, 5.41) is 20.4. The summed E-state index contributed by atoms with van der Waals surface area (Å²) >= 11 is 6.53. The van der Waals surface area contributed by atoms with Gasteiger partial charge in [-0.2, -0.15) is 0 Å². The van der Waals surface area contributed by atoms with Crippen LogP contribution in [0.1, 0.15) is 29.2 Å². The van der Waals surface area contributed by atoms with Crippen LogP contribution in [0.15, 0.2) is 126 Å². The van der Waals surface area contributed by atoms with Crippen LogP contribution in [-0.2, 0) is 17.8 Å². The highest BCUT2D eigenvalue weighted by molar-refractivity contribution is 6.32. The van der Waals surface area contributed by atoms with E-state index in [4.69, 9.17) is 16.6 Å². The fraction of sp³-hybridized carbons (Fsp3) is 0.111. The summed E-state index contributed by atoms with van der Waals surface area (Å²) in [4.78, 5) is 21.8. The molecule has 0 aliphatic carbocycles. The Morgan fingerprint density at radius 1 is 0.744 bits per heavy atom. The van der Waals surface area contributed by atoms with Gasteiger partial charge in [-0.15, -0.1) is 12.4 Å². The zero-order chi connectivity index (χ0) is 29.3. The molecule has 43 heavy (non-hydrogen) atoms. The number of benzene rings is 5. The number of aromatic hydroxyl groups is 2. The minimum atomic E-state index is -1.19. The highest BCUT2D eigenvalue weighted by Gasteiger charge is 2.42. The summed E-state index contributed by atoms with van der Waals surface area (Å²) in [6.07, 6.45) is 0.353. The second-order valence-corrected chi connectivity index (χ2v) is 11.1. The number of benzodiazepines with no additional fused rings is 1. The van der Waals surface area contributed by atoms with E-state index in [0.29, 0.717) is 22.8 Å². The average Bonchev–Trinajstić information content (AvgIpc) is 3.08. The Bertz CT molecular complexity index is 1790. The maximum atomic E-state index is 14.8. The molecule has 0 radical (unpaired) electrons. The topological polar surface area (TPSA) is 73.1 Å². The Kier molecular flexibility index (Phi) is 8.58. The Labute approximate surface area is 262 Å². The third-order valence-corrected chi connectivity index (χ3v) is 7.86. The third-order valence-electron chi connectivity index (χ3n) is 7.62. The van der Waals surface area contributed by atoms with E-state index in [2.05, 4.69) is 24.3 Å². The number of anilines is 1. The summed E-state index contributed by atoms with van der Waals surface area (Å²) < 4.78 is 0. The monoisotopic (exact) mass is 608 g/mol. The third kappa shape index (κ3) is 6.14. The van der Waals surface area contributed by atoms with E-state index in [9.17, 15) is 15.0 Å². The van der Waals surface area contributed by atoms with Crippen molar-refractivity contribution in [1.82, 2.24) is 0 Å². The van der Waals surface area contributed by atoms with Crippen LogP contribution in [0.2, 0.25) is 5.02 Å². The smallest absolute Gasteiger partial charge is 0.255 e. The fourth-order valence-corrected chi connectivity index (χ4v) is 5.70. The van der Waals surface area contributed by atoms with E-state index >= 15 is 0 Å². The number of hydrogen-bond donors (Lipinski definition) is 2. The molecular weight excluding hydrogens is 579 g/mol. The maximum Gasteiger partial charge on any atom is 0.255 e. The van der Waals surface area contributed by atoms with E-state index < -0.39 is 5.54 Å². The first-order valence-corrected chi connectivity index (χ1v) is 14.1. The molecule has 0 saturated carbocycles. The molecule has 0 bridgehead atoms. The average molecular weight is 610 g/mol. The van der Waals surface area contributed by atoms with Gasteiger partial charge >= 0.3 is 0 Å². The molecule has 6 rings (SSSR count). The lowest BCUT2D eigenvalue weighted by atomic mass is 9.87. The van der Waals surface area contributed by atoms with Gasteiger partial charge in [0, 0.05) is 22.6 Å². The summed E-state index contributed by atoms with van der Waals surface area (Å²) in [7, 11) is 0. The predicted molar refractivity (Wildman–Crippen MR) is 176 cm³/mol. The summed E-state index contributed by atoms with van der Waals surface area (Å²) in [5.41, 5.74) is 5.57. The number of amides is 1. The first-order chi connectivity index (χ1) is 20.3. The van der Waals surface area contributed by atoms with Gasteiger partial charge in [0.25, 0.3) is 5.91 Å². The number of aliphatic imine (C=N–C) groups is 1. The first-order valence-electron chi connectivity index (χ1n) is 13.7. The molecular formula is C36H30Cl2N2O3. The zero-order valence-electron chi connectivity index (χ0n) is 23.4. The number of halogens is 2. The molecule has 216 valence electrons. The number of carbonyl (C=O) groups is 1. The van der Waals surface area contributed by atoms with Crippen LogP contribution in [0.5, 0.6) is 11.5 Å². The van der Waals surface area contributed by atoms with Crippen LogP contribution in [0.4, 0.5) is 5.69 Å². The molecule has 5 nitrogen and oxygen atoms in total. The Hall–Kier alpha value is -4.58. The molecule has 0 aromatic heterocycles. The lowest BCUT2D eigenvalue weighted by Gasteiger charge is -2.31. The number of rotatable bonds is 6. The molecule has 7 heteroatoms. The van der Waals surface area contributed by atoms with Crippen LogP contribution >= 0.6 is 24.0 Å². The predicted octanol–water partition coefficient (Wildman–Crippen LogP) is 8.23. The van der Waals surface area contributed by atoms with Gasteiger partial charge in [0.2, 0.25) is 0 Å². The number of hydrogen-bond acceptors (Lipinski definition) is 4. The van der Waals surface area contributed by atoms with E-state index in [1.165, 1.54) is 0 Å². The minimum Gasteiger partial charge on any atom is -0.508 e. The Morgan fingerprint density at radius 3 is 2.07 bits per heavy atom. The van der Waals surface area contributed by atoms with Crippen LogP contribution in [0.25, 0.3) is 11.1 Å². The second kappa shape index (κ2) is 12.3. The standard InChI is InChI=1S/C36H29ClN2O3.ClH/c1-36(22-27-9-5-6-10-31(27)25-7-3-2-4-8-25)35(42)39(23-24-11-16-29(40)17-12-24)33-20-15-28(37)21-32(33)34(38-36)26-13-18-30(41)19-14-26;/h2-21,40-41H,22-23H2,1H3;1H. The van der Waals surface area contributed by atoms with Crippen LogP contribution in [0.3, 0.4) is 0 Å². The molecule has 0 saturated heterocycles. The lowest BCUT2D eigenvalue weighted by Crippen LogP contribution is -2.47. The van der Waals surface area contributed by atoms with Gasteiger partial charge in [-0.3, -0.25) is 9.79 Å². The molecule has 0 fully saturated rings. The SMILES string of the molecule is CC1(Cc2ccccc2-c2ccccc2)N=C(c2ccc(O)cc2)c2cc(Cl)ccc2N(Cc2ccc(O)cc2)C1=O.Cl. The molecule has 1 heterocycles. The first kappa shape index (κ1) is 29.9. The Balaban J connectivity index is 0.00000368. The molecule has 5 aromatic carbocycles. The summed E-state index contributed by atoms with van der Waals surface area (Å²) in [6.45, 7) is 2.16. The second-order valence-electron chi connectivity index (χ2n) is 10.7. The number of carbonyl (C=O) groups excluding carboxylic acids is 1. The van der Waals surface area contributed by atoms with Gasteiger partial charge in [0.15, 0.2) is 0 Å². The number of phenols is 2. The van der Waals surface area contributed by atoms with Gasteiger partial charge in [-0.05, 0) is 83.8 Å². The quantitative estimate of drug-likeness (QED) is 0.204. The van der Waals surface area contributed by atoms with Crippen molar-refractivity contribution in [2.24, 2.45) is 4.99 Å². The molecule has 1 atom stereocenters. The number of phenolic OH excluding ortho intramolecular Hbond substituents is 2. The van der Waals surface area contributed by atoms with Crippen molar-refractivity contribution in [2.75, 3.05) is 4.90 Å². The van der Waals surface area contributed by atoms with E-state index in [-0.39, 0.29) is 36.4 Å². The van der Waals surface area contributed by atoms with Gasteiger partial charge in [0.05, 0.1) is 17.9 Å². The molecule has 1 aliphatic heterocycles. The van der Waals surface area contributed by atoms with Crippen molar-refractivity contribution in [1.29, 1.82) is 0 Å². The van der Waals surface area contributed by atoms with E-state index in [1.807, 2.05) is 61.5 Å². The minimum absolute atomic E-state index is 0. The van der Waals surface area contributed by atoms with Crippen molar-refractivity contribution >= 4 is 41.3 Å². The fourth-order valence-electron chi connectivity index (χ4n) is 5.53. The number of nitrogens with zero attached hydrogens (tertiary/aromatic N) is 2. The van der Waals surface area contributed by atoms with Crippen LogP contribution in [-0.4, -0.2) is 27.4 Å². The van der Waals surface area contributed by atoms with Crippen molar-refractivity contribution in [2.45, 2.75) is 25.4 Å². The molecule has 1 aliphatic rings. The van der Waals surface area contributed by atoms with Crippen LogP contribution in [0, 0.1) is 0 Å². The molecule has 5 aromatic rings. The molecule has 0 spiro atoms. The van der Waals surface area contributed by atoms with Crippen molar-refractivity contribution in [3.63, 3.8) is 0 Å². The number of fused-ring (bicyclic) bond motifs is 1. The van der Waals surface area contributed by atoms with Gasteiger partial charge < -0.3 is 15.1 Å². The lowest BCUT2D eigenvalue weighted by molar-refractivity contribution is -0.123. The molecule has 1 amide bonds. The van der Waals surface area contributed by atoms with Gasteiger partial charge in [0.1, 0.15) is 17.0 Å². The maximum absolute atomic E-state index is 14.8. The normalized spacial score (nSPS) is 16.1.